The maximum absolute atomic E-state index is 12.0. The molecule has 2 N–H and O–H groups in total. The van der Waals surface area contributed by atoms with Gasteiger partial charge in [-0.15, -0.1) is 0 Å². The van der Waals surface area contributed by atoms with E-state index in [1.807, 2.05) is 6.92 Å². The van der Waals surface area contributed by atoms with Gasteiger partial charge in [0.2, 0.25) is 0 Å². The van der Waals surface area contributed by atoms with Gasteiger partial charge >= 0.3 is 0 Å². The summed E-state index contributed by atoms with van der Waals surface area (Å²) in [5.41, 5.74) is 0.215. The number of amides is 1. The Balaban J connectivity index is 2.22. The largest absolute Gasteiger partial charge is 0.506 e. The molecule has 7 heteroatoms. The Morgan fingerprint density at radius 3 is 2.80 bits per heavy atom. The number of furan rings is 1. The summed E-state index contributed by atoms with van der Waals surface area (Å²) in [4.78, 5) is 21.9. The summed E-state index contributed by atoms with van der Waals surface area (Å²) >= 11 is 0. The monoisotopic (exact) mass is 276 g/mol. The van der Waals surface area contributed by atoms with E-state index in [-0.39, 0.29) is 17.1 Å². The van der Waals surface area contributed by atoms with Crippen molar-refractivity contribution < 1.29 is 19.2 Å². The predicted molar refractivity (Wildman–Crippen MR) is 70.8 cm³/mol. The first kappa shape index (κ1) is 13.6. The number of rotatable bonds is 4. The molecule has 0 bridgehead atoms. The van der Waals surface area contributed by atoms with Gasteiger partial charge < -0.3 is 14.8 Å². The summed E-state index contributed by atoms with van der Waals surface area (Å²) in [5.74, 6) is -0.280. The molecule has 0 aliphatic carbocycles. The van der Waals surface area contributed by atoms with Crippen molar-refractivity contribution in [3.8, 4) is 5.75 Å². The summed E-state index contributed by atoms with van der Waals surface area (Å²) in [7, 11) is 0. The number of nitrogens with one attached hydrogen (secondary N) is 1. The second-order valence-electron chi connectivity index (χ2n) is 4.02. The standard InChI is InChI=1S/C13H12N2O5/c1-2-12-9(5-6-20-12)13(17)14-10-4-3-8(15(18)19)7-11(10)16/h3-7,16H,2H2,1H3,(H,14,17). The van der Waals surface area contributed by atoms with Crippen molar-refractivity contribution in [3.63, 3.8) is 0 Å². The highest BCUT2D eigenvalue weighted by Crippen LogP contribution is 2.28. The van der Waals surface area contributed by atoms with Crippen molar-refractivity contribution in [2.75, 3.05) is 5.32 Å². The number of aromatic hydroxyl groups is 1. The highest BCUT2D eigenvalue weighted by atomic mass is 16.6. The summed E-state index contributed by atoms with van der Waals surface area (Å²) in [6.07, 6.45) is 1.96. The third kappa shape index (κ3) is 2.61. The number of nitro groups is 1. The van der Waals surface area contributed by atoms with Gasteiger partial charge in [0, 0.05) is 12.5 Å². The lowest BCUT2D eigenvalue weighted by Crippen LogP contribution is -2.12. The Morgan fingerprint density at radius 1 is 1.45 bits per heavy atom. The van der Waals surface area contributed by atoms with Crippen LogP contribution in [-0.4, -0.2) is 15.9 Å². The molecule has 1 amide bonds. The van der Waals surface area contributed by atoms with E-state index in [0.717, 1.165) is 6.07 Å². The average Bonchev–Trinajstić information content (AvgIpc) is 2.89. The van der Waals surface area contributed by atoms with Crippen LogP contribution in [0, 0.1) is 10.1 Å². The number of anilines is 1. The molecule has 2 rings (SSSR count). The maximum atomic E-state index is 12.0. The van der Waals surface area contributed by atoms with Crippen molar-refractivity contribution in [1.82, 2.24) is 0 Å². The molecule has 20 heavy (non-hydrogen) atoms. The molecule has 1 aromatic heterocycles. The smallest absolute Gasteiger partial charge is 0.273 e. The zero-order chi connectivity index (χ0) is 14.7. The van der Waals surface area contributed by atoms with Gasteiger partial charge in [0.15, 0.2) is 0 Å². The fourth-order valence-corrected chi connectivity index (χ4v) is 1.75. The number of phenols is 1. The van der Waals surface area contributed by atoms with Crippen molar-refractivity contribution in [2.24, 2.45) is 0 Å². The number of nitrogens with zero attached hydrogens (tertiary/aromatic N) is 1. The highest BCUT2D eigenvalue weighted by molar-refractivity contribution is 6.05. The summed E-state index contributed by atoms with van der Waals surface area (Å²) in [6, 6.07) is 4.98. The first-order valence-electron chi connectivity index (χ1n) is 5.88. The molecule has 0 saturated heterocycles. The number of hydrogen-bond acceptors (Lipinski definition) is 5. The second kappa shape index (κ2) is 5.43. The van der Waals surface area contributed by atoms with E-state index in [4.69, 9.17) is 4.42 Å². The number of hydrogen-bond donors (Lipinski definition) is 2. The number of carbonyl (C=O) groups excluding carboxylic acids is 1. The maximum Gasteiger partial charge on any atom is 0.273 e. The van der Waals surface area contributed by atoms with Crippen LogP contribution in [0.1, 0.15) is 23.0 Å². The normalized spacial score (nSPS) is 10.2. The van der Waals surface area contributed by atoms with Crippen LogP contribution in [0.25, 0.3) is 0 Å². The molecule has 0 aliphatic rings. The van der Waals surface area contributed by atoms with Crippen LogP contribution in [-0.2, 0) is 6.42 Å². The van der Waals surface area contributed by atoms with Crippen LogP contribution in [0.2, 0.25) is 0 Å². The van der Waals surface area contributed by atoms with E-state index in [2.05, 4.69) is 5.32 Å². The van der Waals surface area contributed by atoms with Gasteiger partial charge in [-0.2, -0.15) is 0 Å². The SMILES string of the molecule is CCc1occc1C(=O)Nc1ccc([N+](=O)[O-])cc1O. The van der Waals surface area contributed by atoms with Gasteiger partial charge in [-0.25, -0.2) is 0 Å². The Kier molecular flexibility index (Phi) is 3.69. The molecule has 0 saturated carbocycles. The Bertz CT molecular complexity index is 663. The van der Waals surface area contributed by atoms with Crippen LogP contribution >= 0.6 is 0 Å². The zero-order valence-electron chi connectivity index (χ0n) is 10.6. The average molecular weight is 276 g/mol. The van der Waals surface area contributed by atoms with Gasteiger partial charge in [0.25, 0.3) is 11.6 Å². The van der Waals surface area contributed by atoms with E-state index in [9.17, 15) is 20.0 Å². The molecule has 0 atom stereocenters. The van der Waals surface area contributed by atoms with Crippen LogP contribution in [0.3, 0.4) is 0 Å². The number of non-ortho nitro benzene ring substituents is 1. The van der Waals surface area contributed by atoms with Gasteiger partial charge in [-0.05, 0) is 12.1 Å². The minimum absolute atomic E-state index is 0.101. The van der Waals surface area contributed by atoms with Gasteiger partial charge in [-0.1, -0.05) is 6.92 Å². The van der Waals surface area contributed by atoms with Gasteiger partial charge in [-0.3, -0.25) is 14.9 Å². The number of aryl methyl sites for hydroxylation is 1. The first-order chi connectivity index (χ1) is 9.52. The van der Waals surface area contributed by atoms with Crippen LogP contribution < -0.4 is 5.32 Å². The lowest BCUT2D eigenvalue weighted by Gasteiger charge is -2.06. The topological polar surface area (TPSA) is 106 Å². The third-order valence-corrected chi connectivity index (χ3v) is 2.75. The minimum atomic E-state index is -0.628. The lowest BCUT2D eigenvalue weighted by molar-refractivity contribution is -0.384. The van der Waals surface area contributed by atoms with E-state index in [0.29, 0.717) is 17.7 Å². The fraction of sp³-hybridized carbons (Fsp3) is 0.154. The van der Waals surface area contributed by atoms with Crippen molar-refractivity contribution in [1.29, 1.82) is 0 Å². The Hall–Kier alpha value is -2.83. The first-order valence-corrected chi connectivity index (χ1v) is 5.88. The molecular weight excluding hydrogens is 264 g/mol. The zero-order valence-corrected chi connectivity index (χ0v) is 10.6. The molecule has 0 spiro atoms. The summed E-state index contributed by atoms with van der Waals surface area (Å²) in [5, 5.41) is 22.7. The Morgan fingerprint density at radius 2 is 2.20 bits per heavy atom. The molecule has 0 aliphatic heterocycles. The van der Waals surface area contributed by atoms with E-state index in [1.165, 1.54) is 24.5 Å². The molecular formula is C13H12N2O5. The third-order valence-electron chi connectivity index (χ3n) is 2.75. The van der Waals surface area contributed by atoms with Crippen LogP contribution in [0.4, 0.5) is 11.4 Å². The summed E-state index contributed by atoms with van der Waals surface area (Å²) in [6.45, 7) is 1.85. The van der Waals surface area contributed by atoms with E-state index in [1.54, 1.807) is 0 Å². The van der Waals surface area contributed by atoms with Crippen molar-refractivity contribution in [3.05, 3.63) is 52.0 Å². The molecule has 7 nitrogen and oxygen atoms in total. The molecule has 0 unspecified atom stereocenters. The second-order valence-corrected chi connectivity index (χ2v) is 4.02. The quantitative estimate of drug-likeness (QED) is 0.507. The van der Waals surface area contributed by atoms with Crippen LogP contribution in [0.15, 0.2) is 34.9 Å². The highest BCUT2D eigenvalue weighted by Gasteiger charge is 2.16. The fourth-order valence-electron chi connectivity index (χ4n) is 1.75. The van der Waals surface area contributed by atoms with Gasteiger partial charge in [0.05, 0.1) is 28.5 Å². The molecule has 2 aromatic rings. The molecule has 1 heterocycles. The predicted octanol–water partition coefficient (Wildman–Crippen LogP) is 2.71. The molecule has 104 valence electrons. The number of carbonyl (C=O) groups is 1. The van der Waals surface area contributed by atoms with E-state index < -0.39 is 10.8 Å². The minimum Gasteiger partial charge on any atom is -0.506 e. The van der Waals surface area contributed by atoms with Crippen LogP contribution in [0.5, 0.6) is 5.75 Å². The number of nitro benzene ring substituents is 1. The molecule has 0 fully saturated rings. The molecule has 1 aromatic carbocycles. The van der Waals surface area contributed by atoms with Crippen molar-refractivity contribution >= 4 is 17.3 Å². The van der Waals surface area contributed by atoms with Gasteiger partial charge in [0.1, 0.15) is 11.5 Å². The number of benzene rings is 1. The van der Waals surface area contributed by atoms with Crippen molar-refractivity contribution in [2.45, 2.75) is 13.3 Å². The summed E-state index contributed by atoms with van der Waals surface area (Å²) < 4.78 is 5.14. The Labute approximate surface area is 114 Å². The lowest BCUT2D eigenvalue weighted by atomic mass is 10.2. The van der Waals surface area contributed by atoms with E-state index >= 15 is 0 Å². The molecule has 0 radical (unpaired) electrons. The number of phenolic OH excluding ortho intramolecular Hbond substituents is 1.